The van der Waals surface area contributed by atoms with E-state index in [1.807, 2.05) is 0 Å². The molecular weight excluding hydrogens is 192 g/mol. The van der Waals surface area contributed by atoms with Crippen LogP contribution in [0.3, 0.4) is 0 Å². The molecular formula is C8H23ClN2O2. The van der Waals surface area contributed by atoms with E-state index in [4.69, 9.17) is 11.0 Å². The molecule has 0 aliphatic heterocycles. The van der Waals surface area contributed by atoms with E-state index in [2.05, 4.69) is 23.6 Å². The van der Waals surface area contributed by atoms with Crippen LogP contribution in [-0.4, -0.2) is 42.9 Å². The van der Waals surface area contributed by atoms with Gasteiger partial charge in [-0.2, -0.15) is 0 Å². The third-order valence-corrected chi connectivity index (χ3v) is 1.42. The lowest BCUT2D eigenvalue weighted by molar-refractivity contribution is 0.109. The molecule has 0 unspecified atom stereocenters. The Kier molecular flexibility index (Phi) is 26.1. The van der Waals surface area contributed by atoms with Crippen molar-refractivity contribution in [2.75, 3.05) is 32.8 Å². The second-order valence-electron chi connectivity index (χ2n) is 2.21. The Morgan fingerprint density at radius 3 is 1.85 bits per heavy atom. The standard InChI is InChI=1S/C6H16N2O.C2H6O.ClH/c1-3-8(4-2)5-6-9-7;1-2-3;/h3-7H2,1-2H3;3H,2H2,1H3;1H. The third kappa shape index (κ3) is 18.8. The lowest BCUT2D eigenvalue weighted by Gasteiger charge is -2.16. The van der Waals surface area contributed by atoms with Crippen molar-refractivity contribution < 1.29 is 9.94 Å². The summed E-state index contributed by atoms with van der Waals surface area (Å²) >= 11 is 0. The molecule has 0 aliphatic rings. The van der Waals surface area contributed by atoms with Crippen LogP contribution in [0.15, 0.2) is 0 Å². The van der Waals surface area contributed by atoms with E-state index >= 15 is 0 Å². The van der Waals surface area contributed by atoms with E-state index in [1.165, 1.54) is 0 Å². The highest BCUT2D eigenvalue weighted by Crippen LogP contribution is 1.84. The summed E-state index contributed by atoms with van der Waals surface area (Å²) in [6.07, 6.45) is 0. The second-order valence-corrected chi connectivity index (χ2v) is 2.21. The molecule has 0 aromatic heterocycles. The fourth-order valence-electron chi connectivity index (χ4n) is 0.722. The molecule has 0 amide bonds. The number of rotatable bonds is 5. The summed E-state index contributed by atoms with van der Waals surface area (Å²) in [4.78, 5) is 6.69. The Morgan fingerprint density at radius 1 is 1.23 bits per heavy atom. The van der Waals surface area contributed by atoms with Gasteiger partial charge < -0.3 is 14.8 Å². The average Bonchev–Trinajstić information content (AvgIpc) is 2.08. The summed E-state index contributed by atoms with van der Waals surface area (Å²) < 4.78 is 0. The largest absolute Gasteiger partial charge is 0.397 e. The van der Waals surface area contributed by atoms with E-state index in [9.17, 15) is 0 Å². The van der Waals surface area contributed by atoms with Gasteiger partial charge in [-0.15, -0.1) is 12.4 Å². The summed E-state index contributed by atoms with van der Waals surface area (Å²) in [5.74, 6) is 4.86. The molecule has 0 radical (unpaired) electrons. The van der Waals surface area contributed by atoms with Crippen LogP contribution in [-0.2, 0) is 4.84 Å². The highest BCUT2D eigenvalue weighted by atomic mass is 35.5. The molecule has 84 valence electrons. The fourth-order valence-corrected chi connectivity index (χ4v) is 0.722. The van der Waals surface area contributed by atoms with Crippen molar-refractivity contribution in [3.63, 3.8) is 0 Å². The first-order valence-corrected chi connectivity index (χ1v) is 4.41. The Bertz CT molecular complexity index is 73.2. The zero-order valence-electron chi connectivity index (χ0n) is 8.82. The Labute approximate surface area is 87.4 Å². The molecule has 0 aromatic rings. The summed E-state index contributed by atoms with van der Waals surface area (Å²) in [5, 5.41) is 7.57. The first-order chi connectivity index (χ1) is 5.76. The van der Waals surface area contributed by atoms with Gasteiger partial charge in [0.1, 0.15) is 0 Å². The van der Waals surface area contributed by atoms with Gasteiger partial charge in [0.15, 0.2) is 0 Å². The highest BCUT2D eigenvalue weighted by molar-refractivity contribution is 5.85. The van der Waals surface area contributed by atoms with Gasteiger partial charge in [-0.3, -0.25) is 0 Å². The number of halogens is 1. The van der Waals surface area contributed by atoms with Crippen molar-refractivity contribution in [3.05, 3.63) is 0 Å². The van der Waals surface area contributed by atoms with Gasteiger partial charge in [-0.05, 0) is 20.0 Å². The van der Waals surface area contributed by atoms with E-state index in [-0.39, 0.29) is 19.0 Å². The monoisotopic (exact) mass is 214 g/mol. The molecule has 0 aliphatic carbocycles. The van der Waals surface area contributed by atoms with Crippen molar-refractivity contribution >= 4 is 12.4 Å². The van der Waals surface area contributed by atoms with Crippen LogP contribution in [0.4, 0.5) is 0 Å². The van der Waals surface area contributed by atoms with E-state index < -0.39 is 0 Å². The van der Waals surface area contributed by atoms with Crippen molar-refractivity contribution in [3.8, 4) is 0 Å². The van der Waals surface area contributed by atoms with Crippen LogP contribution in [0.2, 0.25) is 0 Å². The number of hydrogen-bond acceptors (Lipinski definition) is 4. The Morgan fingerprint density at radius 2 is 1.62 bits per heavy atom. The van der Waals surface area contributed by atoms with Crippen LogP contribution in [0, 0.1) is 0 Å². The minimum absolute atomic E-state index is 0. The van der Waals surface area contributed by atoms with Crippen LogP contribution in [0.1, 0.15) is 20.8 Å². The molecule has 0 saturated carbocycles. The van der Waals surface area contributed by atoms with E-state index in [0.717, 1.165) is 19.6 Å². The number of hydrogen-bond donors (Lipinski definition) is 2. The molecule has 0 rings (SSSR count). The number of likely N-dealkylation sites (N-methyl/N-ethyl adjacent to an activating group) is 1. The fraction of sp³-hybridized carbons (Fsp3) is 1.00. The second kappa shape index (κ2) is 18.0. The summed E-state index contributed by atoms with van der Waals surface area (Å²) in [6, 6.07) is 0. The average molecular weight is 215 g/mol. The van der Waals surface area contributed by atoms with Crippen LogP contribution >= 0.6 is 12.4 Å². The predicted octanol–water partition coefficient (Wildman–Crippen LogP) is 0.639. The summed E-state index contributed by atoms with van der Waals surface area (Å²) in [6.45, 7) is 9.88. The lowest BCUT2D eigenvalue weighted by Crippen LogP contribution is -2.27. The molecule has 13 heavy (non-hydrogen) atoms. The van der Waals surface area contributed by atoms with Gasteiger partial charge in [0.25, 0.3) is 0 Å². The quantitative estimate of drug-likeness (QED) is 0.660. The molecule has 0 saturated heterocycles. The van der Waals surface area contributed by atoms with Gasteiger partial charge >= 0.3 is 0 Å². The molecule has 4 nitrogen and oxygen atoms in total. The van der Waals surface area contributed by atoms with Gasteiger partial charge in [-0.25, -0.2) is 5.90 Å². The molecule has 3 N–H and O–H groups in total. The normalized spacial score (nSPS) is 8.77. The highest BCUT2D eigenvalue weighted by Gasteiger charge is 1.95. The van der Waals surface area contributed by atoms with Crippen molar-refractivity contribution in [2.45, 2.75) is 20.8 Å². The Hall–Kier alpha value is 0.130. The predicted molar refractivity (Wildman–Crippen MR) is 57.9 cm³/mol. The van der Waals surface area contributed by atoms with Gasteiger partial charge in [0, 0.05) is 13.2 Å². The number of nitrogens with two attached hydrogens (primary N) is 1. The number of nitrogens with zero attached hydrogens (tertiary/aromatic N) is 1. The lowest BCUT2D eigenvalue weighted by atomic mass is 10.5. The number of aliphatic hydroxyl groups excluding tert-OH is 1. The van der Waals surface area contributed by atoms with Crippen LogP contribution in [0.25, 0.3) is 0 Å². The van der Waals surface area contributed by atoms with E-state index in [1.54, 1.807) is 6.92 Å². The minimum atomic E-state index is 0. The van der Waals surface area contributed by atoms with Gasteiger partial charge in [0.2, 0.25) is 0 Å². The maximum absolute atomic E-state index is 7.57. The number of aliphatic hydroxyl groups is 1. The molecule has 0 atom stereocenters. The summed E-state index contributed by atoms with van der Waals surface area (Å²) in [5.41, 5.74) is 0. The first kappa shape index (κ1) is 18.8. The molecule has 0 heterocycles. The van der Waals surface area contributed by atoms with Crippen molar-refractivity contribution in [2.24, 2.45) is 5.90 Å². The maximum Gasteiger partial charge on any atom is 0.0806 e. The molecule has 0 spiro atoms. The first-order valence-electron chi connectivity index (χ1n) is 4.41. The van der Waals surface area contributed by atoms with Gasteiger partial charge in [0.05, 0.1) is 6.61 Å². The Balaban J connectivity index is -0.000000220. The smallest absolute Gasteiger partial charge is 0.0806 e. The topological polar surface area (TPSA) is 58.7 Å². The molecule has 0 bridgehead atoms. The maximum atomic E-state index is 7.57. The van der Waals surface area contributed by atoms with Crippen LogP contribution < -0.4 is 5.90 Å². The van der Waals surface area contributed by atoms with Crippen LogP contribution in [0.5, 0.6) is 0 Å². The molecule has 0 aromatic carbocycles. The third-order valence-electron chi connectivity index (χ3n) is 1.42. The zero-order chi connectivity index (χ0) is 9.82. The van der Waals surface area contributed by atoms with Crippen molar-refractivity contribution in [1.29, 1.82) is 0 Å². The van der Waals surface area contributed by atoms with Gasteiger partial charge in [-0.1, -0.05) is 13.8 Å². The molecule has 0 fully saturated rings. The SMILES string of the molecule is CCN(CC)CCON.CCO.Cl. The van der Waals surface area contributed by atoms with Crippen molar-refractivity contribution in [1.82, 2.24) is 4.90 Å². The minimum Gasteiger partial charge on any atom is -0.397 e. The molecule has 5 heteroatoms. The summed E-state index contributed by atoms with van der Waals surface area (Å²) in [7, 11) is 0. The zero-order valence-corrected chi connectivity index (χ0v) is 9.64. The van der Waals surface area contributed by atoms with E-state index in [0.29, 0.717) is 6.61 Å².